The number of aryl methyl sites for hydroxylation is 2. The Morgan fingerprint density at radius 1 is 1.11 bits per heavy atom. The van der Waals surface area contributed by atoms with Gasteiger partial charge in [-0.05, 0) is 45.2 Å². The summed E-state index contributed by atoms with van der Waals surface area (Å²) in [6.45, 7) is 5.18. The second-order valence-corrected chi connectivity index (χ2v) is 11.3. The molecule has 202 valence electrons. The topological polar surface area (TPSA) is 100 Å². The molecular weight excluding hydrogens is 512 g/mol. The lowest BCUT2D eigenvalue weighted by molar-refractivity contribution is -0.122. The first-order chi connectivity index (χ1) is 18.3. The quantitative estimate of drug-likeness (QED) is 0.450. The summed E-state index contributed by atoms with van der Waals surface area (Å²) in [5.74, 6) is -2.69. The van der Waals surface area contributed by atoms with Crippen molar-refractivity contribution in [3.05, 3.63) is 52.2 Å². The Morgan fingerprint density at radius 3 is 2.61 bits per heavy atom. The Kier molecular flexibility index (Phi) is 7.85. The Balaban J connectivity index is 1.32. The van der Waals surface area contributed by atoms with Crippen LogP contribution in [0.4, 0.5) is 13.9 Å². The van der Waals surface area contributed by atoms with E-state index >= 15 is 0 Å². The highest BCUT2D eigenvalue weighted by Crippen LogP contribution is 2.30. The Morgan fingerprint density at radius 2 is 1.89 bits per heavy atom. The van der Waals surface area contributed by atoms with Crippen LogP contribution in [-0.4, -0.2) is 52.0 Å². The average molecular weight is 544 g/mol. The number of halogens is 2. The highest BCUT2D eigenvalue weighted by atomic mass is 32.1. The number of nitrogens with one attached hydrogen (secondary N) is 2. The average Bonchev–Trinajstić information content (AvgIpc) is 3.51. The molecule has 2 aliphatic rings. The largest absolute Gasteiger partial charge is 0.355 e. The molecule has 1 saturated heterocycles. The molecule has 2 N–H and O–H groups in total. The smallest absolute Gasteiger partial charge is 0.273 e. The first kappa shape index (κ1) is 26.4. The highest BCUT2D eigenvalue weighted by Gasteiger charge is 2.38. The SMILES string of the molecule is Cc1nc(NC(=O)[C@@H]2CN(C3CCCCC3)CC[C@H]2NC(=O)c2cc(-c3ccc(F)cc3F)on2)sc1C. The van der Waals surface area contributed by atoms with E-state index in [1.165, 1.54) is 42.7 Å². The molecule has 3 aromatic rings. The van der Waals surface area contributed by atoms with Gasteiger partial charge in [-0.1, -0.05) is 24.4 Å². The van der Waals surface area contributed by atoms with Crippen LogP contribution in [0.3, 0.4) is 0 Å². The fraction of sp³-hybridized carbons (Fsp3) is 0.481. The first-order valence-electron chi connectivity index (χ1n) is 13.0. The van der Waals surface area contributed by atoms with Crippen LogP contribution in [0.15, 0.2) is 28.8 Å². The zero-order chi connectivity index (χ0) is 26.8. The van der Waals surface area contributed by atoms with E-state index in [-0.39, 0.29) is 22.9 Å². The van der Waals surface area contributed by atoms with Gasteiger partial charge in [0.05, 0.1) is 17.2 Å². The predicted molar refractivity (Wildman–Crippen MR) is 140 cm³/mol. The van der Waals surface area contributed by atoms with Crippen LogP contribution in [-0.2, 0) is 4.79 Å². The molecule has 5 rings (SSSR count). The lowest BCUT2D eigenvalue weighted by atomic mass is 9.87. The van der Waals surface area contributed by atoms with Crippen molar-refractivity contribution in [3.63, 3.8) is 0 Å². The third-order valence-corrected chi connectivity index (χ3v) is 8.57. The second-order valence-electron chi connectivity index (χ2n) is 10.1. The number of aromatic nitrogens is 2. The van der Waals surface area contributed by atoms with E-state index in [9.17, 15) is 18.4 Å². The Hall–Kier alpha value is -3.18. The second kappa shape index (κ2) is 11.3. The zero-order valence-electron chi connectivity index (χ0n) is 21.4. The molecule has 0 radical (unpaired) electrons. The molecule has 1 saturated carbocycles. The number of amides is 2. The van der Waals surface area contributed by atoms with Gasteiger partial charge < -0.3 is 15.2 Å². The minimum atomic E-state index is -0.812. The monoisotopic (exact) mass is 543 g/mol. The molecule has 0 bridgehead atoms. The lowest BCUT2D eigenvalue weighted by Crippen LogP contribution is -2.57. The van der Waals surface area contributed by atoms with Gasteiger partial charge in [-0.15, -0.1) is 11.3 Å². The molecule has 2 amide bonds. The summed E-state index contributed by atoms with van der Waals surface area (Å²) in [6.07, 6.45) is 6.48. The van der Waals surface area contributed by atoms with E-state index in [2.05, 4.69) is 25.7 Å². The van der Waals surface area contributed by atoms with Crippen molar-refractivity contribution in [3.8, 4) is 11.3 Å². The zero-order valence-corrected chi connectivity index (χ0v) is 22.2. The standard InChI is InChI=1S/C27H31F2N5O3S/c1-15-16(2)38-27(30-15)32-25(35)20-14-34(18-6-4-3-5-7-18)11-10-22(20)31-26(36)23-13-24(37-33-23)19-9-8-17(28)12-21(19)29/h8-9,12-13,18,20,22H,3-7,10-11,14H2,1-2H3,(H,31,36)(H,30,32,35)/t20-,22-/m1/s1. The highest BCUT2D eigenvalue weighted by molar-refractivity contribution is 7.15. The molecule has 1 aliphatic heterocycles. The molecule has 11 heteroatoms. The number of benzene rings is 1. The summed E-state index contributed by atoms with van der Waals surface area (Å²) in [5.41, 5.74) is 0.843. The number of thiazole rings is 1. The van der Waals surface area contributed by atoms with E-state index in [4.69, 9.17) is 4.52 Å². The van der Waals surface area contributed by atoms with Crippen molar-refractivity contribution in [1.82, 2.24) is 20.4 Å². The number of hydrogen-bond acceptors (Lipinski definition) is 7. The summed E-state index contributed by atoms with van der Waals surface area (Å²) in [4.78, 5) is 34.4. The lowest BCUT2D eigenvalue weighted by Gasteiger charge is -2.42. The Labute approximate surface area is 223 Å². The first-order valence-corrected chi connectivity index (χ1v) is 13.8. The van der Waals surface area contributed by atoms with Gasteiger partial charge in [0.1, 0.15) is 11.6 Å². The van der Waals surface area contributed by atoms with Gasteiger partial charge in [0.25, 0.3) is 5.91 Å². The maximum atomic E-state index is 14.2. The van der Waals surface area contributed by atoms with Gasteiger partial charge in [-0.2, -0.15) is 0 Å². The third-order valence-electron chi connectivity index (χ3n) is 7.59. The fourth-order valence-electron chi connectivity index (χ4n) is 5.36. The van der Waals surface area contributed by atoms with Crippen LogP contribution in [0.1, 0.15) is 59.6 Å². The van der Waals surface area contributed by atoms with Gasteiger partial charge in [0, 0.05) is 42.2 Å². The molecule has 2 fully saturated rings. The van der Waals surface area contributed by atoms with Crippen LogP contribution in [0.5, 0.6) is 0 Å². The predicted octanol–water partition coefficient (Wildman–Crippen LogP) is 5.08. The molecular formula is C27H31F2N5O3S. The Bertz CT molecular complexity index is 1300. The number of carbonyl (C=O) groups is 2. The molecule has 1 aromatic carbocycles. The van der Waals surface area contributed by atoms with Gasteiger partial charge >= 0.3 is 0 Å². The molecule has 38 heavy (non-hydrogen) atoms. The van der Waals surface area contributed by atoms with E-state index in [1.807, 2.05) is 13.8 Å². The summed E-state index contributed by atoms with van der Waals surface area (Å²) in [6, 6.07) is 4.42. The molecule has 2 aromatic heterocycles. The summed E-state index contributed by atoms with van der Waals surface area (Å²) in [5, 5.41) is 10.3. The van der Waals surface area contributed by atoms with Crippen molar-refractivity contribution in [2.75, 3.05) is 18.4 Å². The summed E-state index contributed by atoms with van der Waals surface area (Å²) in [7, 11) is 0. The molecule has 1 aliphatic carbocycles. The number of carbonyl (C=O) groups excluding carboxylic acids is 2. The van der Waals surface area contributed by atoms with Gasteiger partial charge in [-0.25, -0.2) is 13.8 Å². The third kappa shape index (κ3) is 5.78. The number of piperidine rings is 1. The molecule has 0 spiro atoms. The molecule has 3 heterocycles. The van der Waals surface area contributed by atoms with Crippen LogP contribution >= 0.6 is 11.3 Å². The number of anilines is 1. The van der Waals surface area contributed by atoms with Crippen molar-refractivity contribution < 1.29 is 22.9 Å². The maximum absolute atomic E-state index is 14.2. The maximum Gasteiger partial charge on any atom is 0.273 e. The van der Waals surface area contributed by atoms with E-state index in [1.54, 1.807) is 0 Å². The van der Waals surface area contributed by atoms with E-state index < -0.39 is 29.5 Å². The van der Waals surface area contributed by atoms with E-state index in [0.717, 1.165) is 42.1 Å². The number of rotatable bonds is 6. The van der Waals surface area contributed by atoms with Gasteiger partial charge in [-0.3, -0.25) is 14.5 Å². The normalized spacial score (nSPS) is 20.8. The van der Waals surface area contributed by atoms with Crippen molar-refractivity contribution in [1.29, 1.82) is 0 Å². The summed E-state index contributed by atoms with van der Waals surface area (Å²) < 4.78 is 32.6. The van der Waals surface area contributed by atoms with Crippen LogP contribution in [0.2, 0.25) is 0 Å². The number of nitrogens with zero attached hydrogens (tertiary/aromatic N) is 3. The van der Waals surface area contributed by atoms with Crippen molar-refractivity contribution in [2.45, 2.75) is 64.5 Å². The molecule has 0 unspecified atom stereocenters. The number of likely N-dealkylation sites (tertiary alicyclic amines) is 1. The fourth-order valence-corrected chi connectivity index (χ4v) is 6.18. The van der Waals surface area contributed by atoms with E-state index in [0.29, 0.717) is 24.1 Å². The van der Waals surface area contributed by atoms with Gasteiger partial charge in [0.2, 0.25) is 5.91 Å². The van der Waals surface area contributed by atoms with Crippen LogP contribution in [0.25, 0.3) is 11.3 Å². The minimum absolute atomic E-state index is 0.00466. The van der Waals surface area contributed by atoms with Crippen molar-refractivity contribution >= 4 is 28.3 Å². The van der Waals surface area contributed by atoms with Crippen LogP contribution < -0.4 is 10.6 Å². The minimum Gasteiger partial charge on any atom is -0.355 e. The van der Waals surface area contributed by atoms with Crippen molar-refractivity contribution in [2.24, 2.45) is 5.92 Å². The van der Waals surface area contributed by atoms with Crippen LogP contribution in [0, 0.1) is 31.4 Å². The summed E-state index contributed by atoms with van der Waals surface area (Å²) >= 11 is 1.43. The molecule has 2 atom stereocenters. The molecule has 8 nitrogen and oxygen atoms in total. The number of hydrogen-bond donors (Lipinski definition) is 2. The van der Waals surface area contributed by atoms with Gasteiger partial charge in [0.15, 0.2) is 16.6 Å².